The molecule has 20 nitrogen and oxygen atoms in total. The Morgan fingerprint density at radius 1 is 0.598 bits per heavy atom. The van der Waals surface area contributed by atoms with Gasteiger partial charge < -0.3 is 50.1 Å². The highest BCUT2D eigenvalue weighted by molar-refractivity contribution is 5.94. The van der Waals surface area contributed by atoms with Crippen molar-refractivity contribution in [2.24, 2.45) is 10.8 Å². The molecular weight excluding hydrogens is 1080 g/mol. The summed E-state index contributed by atoms with van der Waals surface area (Å²) in [5.41, 5.74) is -0.338. The number of alkyl halides is 6. The number of amides is 4. The number of aromatic nitrogens is 8. The number of hydrogen-bond acceptors (Lipinski definition) is 12. The van der Waals surface area contributed by atoms with E-state index in [0.717, 1.165) is 37.1 Å². The fourth-order valence-corrected chi connectivity index (χ4v) is 8.29. The summed E-state index contributed by atoms with van der Waals surface area (Å²) in [5, 5.41) is 44.3. The number of ether oxygens (including phenoxy) is 2. The minimum atomic E-state index is -4.48. The second-order valence-electron chi connectivity index (χ2n) is 22.2. The first-order valence-corrected chi connectivity index (χ1v) is 26.7. The number of aliphatic hydroxyl groups is 2. The van der Waals surface area contributed by atoms with Crippen molar-refractivity contribution in [2.75, 3.05) is 10.6 Å². The van der Waals surface area contributed by atoms with E-state index in [2.05, 4.69) is 51.6 Å². The molecule has 0 saturated carbocycles. The van der Waals surface area contributed by atoms with Gasteiger partial charge in [-0.1, -0.05) is 81.1 Å². The largest absolute Gasteiger partial charge is 0.444 e. The summed E-state index contributed by atoms with van der Waals surface area (Å²) in [6, 6.07) is 8.74. The molecule has 0 spiro atoms. The average molecular weight is 1160 g/mol. The fraction of sp³-hybridized carbons (Fsp3) is 0.500. The molecule has 8 N–H and O–H groups in total. The van der Waals surface area contributed by atoms with Crippen molar-refractivity contribution < 1.29 is 65.2 Å². The van der Waals surface area contributed by atoms with Gasteiger partial charge in [0.05, 0.1) is 72.7 Å². The third-order valence-corrected chi connectivity index (χ3v) is 13.0. The number of aryl methyl sites for hydroxylation is 2. The van der Waals surface area contributed by atoms with Crippen LogP contribution in [0, 0.1) is 24.7 Å². The molecule has 26 heteroatoms. The number of alkyl carbamates (subject to hydrolysis) is 2. The number of aliphatic hydroxyl groups excluding tert-OH is 2. The standard InChI is InChI=1S/2C28H37F3N6O4/c2*1-6-7-8-20(24(38)25(39)35-23-9-10-33-36-23)34-26(40)41-22(27(3,4)5)15-37-14-21(32-16-37)18-11-17(2)12-19(13-18)28(29,30)31/h2*9-14,16,20,22,24,38H,6-8,15H2,1-5H3,(H,34,40)(H2,33,35,36,39)/t20-,22+,24+;20-,22+,24-/m00/s1. The van der Waals surface area contributed by atoms with E-state index < -0.39 is 94.8 Å². The van der Waals surface area contributed by atoms with Crippen LogP contribution in [0.1, 0.15) is 116 Å². The molecule has 2 aromatic carbocycles. The van der Waals surface area contributed by atoms with Crippen molar-refractivity contribution >= 4 is 35.6 Å². The number of H-pyrrole nitrogens is 2. The van der Waals surface area contributed by atoms with Gasteiger partial charge in [-0.05, 0) is 74.2 Å². The maximum Gasteiger partial charge on any atom is 0.416 e. The number of imidazole rings is 2. The number of unbranched alkanes of at least 4 members (excludes halogenated alkanes) is 2. The summed E-state index contributed by atoms with van der Waals surface area (Å²) < 4.78 is 94.7. The predicted octanol–water partition coefficient (Wildman–Crippen LogP) is 10.6. The average Bonchev–Trinajstić information content (AvgIpc) is 4.44. The van der Waals surface area contributed by atoms with Gasteiger partial charge in [0, 0.05) is 46.5 Å². The molecule has 4 aromatic heterocycles. The number of nitrogens with zero attached hydrogens (tertiary/aromatic N) is 6. The van der Waals surface area contributed by atoms with E-state index in [9.17, 15) is 55.7 Å². The first-order valence-electron chi connectivity index (χ1n) is 26.7. The molecular formula is C56H74F6N12O8. The molecule has 0 saturated heterocycles. The van der Waals surface area contributed by atoms with Crippen LogP contribution in [-0.2, 0) is 44.5 Å². The molecule has 82 heavy (non-hydrogen) atoms. The van der Waals surface area contributed by atoms with E-state index in [0.29, 0.717) is 71.0 Å². The third kappa shape index (κ3) is 19.8. The molecule has 0 unspecified atom stereocenters. The second-order valence-corrected chi connectivity index (χ2v) is 22.2. The van der Waals surface area contributed by atoms with E-state index in [1.165, 1.54) is 37.2 Å². The highest BCUT2D eigenvalue weighted by Gasteiger charge is 2.36. The normalized spacial score (nSPS) is 14.3. The highest BCUT2D eigenvalue weighted by atomic mass is 19.4. The molecule has 6 atom stereocenters. The zero-order chi connectivity index (χ0) is 60.7. The number of benzene rings is 2. The SMILES string of the molecule is CCCC[C@H](NC(=O)O[C@H](Cn1cnc(-c2cc(C)cc(C(F)(F)F)c2)c1)C(C)(C)C)[C@@H](O)C(=O)Nc1ccn[nH]1.CCCC[C@H](NC(=O)O[C@H](Cn1cnc(-c2cc(C)cc(C(F)(F)F)c2)c1)C(C)(C)C)[C@H](O)C(=O)Nc1ccn[nH]1. The van der Waals surface area contributed by atoms with Gasteiger partial charge in [0.25, 0.3) is 11.8 Å². The number of rotatable bonds is 22. The summed E-state index contributed by atoms with van der Waals surface area (Å²) in [5.74, 6) is -0.810. The second kappa shape index (κ2) is 28.3. The molecule has 0 aliphatic rings. The van der Waals surface area contributed by atoms with Crippen LogP contribution >= 0.6 is 0 Å². The first-order chi connectivity index (χ1) is 38.3. The van der Waals surface area contributed by atoms with E-state index in [-0.39, 0.29) is 13.1 Å². The monoisotopic (exact) mass is 1160 g/mol. The van der Waals surface area contributed by atoms with E-state index >= 15 is 0 Å². The molecule has 0 aliphatic heterocycles. The van der Waals surface area contributed by atoms with Crippen molar-refractivity contribution in [1.29, 1.82) is 0 Å². The van der Waals surface area contributed by atoms with E-state index in [1.54, 1.807) is 47.5 Å². The quantitative estimate of drug-likeness (QED) is 0.0295. The number of carbonyl (C=O) groups excluding carboxylic acids is 4. The van der Waals surface area contributed by atoms with Crippen LogP contribution in [0.25, 0.3) is 22.5 Å². The number of anilines is 2. The number of nitrogens with one attached hydrogen (secondary N) is 6. The van der Waals surface area contributed by atoms with E-state index in [4.69, 9.17) is 9.47 Å². The smallest absolute Gasteiger partial charge is 0.416 e. The number of aromatic amines is 2. The van der Waals surface area contributed by atoms with Gasteiger partial charge in [-0.25, -0.2) is 19.6 Å². The Balaban J connectivity index is 0.000000301. The van der Waals surface area contributed by atoms with Crippen LogP contribution in [0.15, 0.2) is 86.0 Å². The molecule has 0 fully saturated rings. The summed E-state index contributed by atoms with van der Waals surface area (Å²) in [7, 11) is 0. The molecule has 4 amide bonds. The lowest BCUT2D eigenvalue weighted by Gasteiger charge is -2.31. The van der Waals surface area contributed by atoms with Crippen LogP contribution in [0.5, 0.6) is 0 Å². The van der Waals surface area contributed by atoms with Gasteiger partial charge >= 0.3 is 24.5 Å². The molecule has 0 aliphatic carbocycles. The van der Waals surface area contributed by atoms with Crippen LogP contribution in [0.2, 0.25) is 0 Å². The lowest BCUT2D eigenvalue weighted by atomic mass is 9.89. The summed E-state index contributed by atoms with van der Waals surface area (Å²) in [4.78, 5) is 59.6. The van der Waals surface area contributed by atoms with Crippen LogP contribution in [0.4, 0.5) is 47.6 Å². The minimum absolute atomic E-state index is 0.171. The number of carbonyl (C=O) groups is 4. The molecule has 6 rings (SSSR count). The topological polar surface area (TPSA) is 268 Å². The lowest BCUT2D eigenvalue weighted by Crippen LogP contribution is -2.50. The third-order valence-electron chi connectivity index (χ3n) is 13.0. The van der Waals surface area contributed by atoms with Crippen LogP contribution < -0.4 is 21.3 Å². The maximum absolute atomic E-state index is 13.3. The van der Waals surface area contributed by atoms with Gasteiger partial charge in [0.2, 0.25) is 0 Å². The Bertz CT molecular complexity index is 2800. The molecule has 448 valence electrons. The Kier molecular flexibility index (Phi) is 22.5. The summed E-state index contributed by atoms with van der Waals surface area (Å²) in [6.45, 7) is 18.7. The molecule has 0 bridgehead atoms. The Labute approximate surface area is 471 Å². The fourth-order valence-electron chi connectivity index (χ4n) is 8.29. The van der Waals surface area contributed by atoms with Crippen molar-refractivity contribution in [2.45, 2.75) is 170 Å². The summed E-state index contributed by atoms with van der Waals surface area (Å²) in [6.07, 6.45) is -2.48. The van der Waals surface area contributed by atoms with E-state index in [1.807, 2.05) is 55.4 Å². The van der Waals surface area contributed by atoms with Gasteiger partial charge in [-0.3, -0.25) is 19.8 Å². The Morgan fingerprint density at radius 3 is 1.27 bits per heavy atom. The molecule has 6 aromatic rings. The van der Waals surface area contributed by atoms with Crippen LogP contribution in [0.3, 0.4) is 0 Å². The molecule has 0 radical (unpaired) electrons. The van der Waals surface area contributed by atoms with Crippen molar-refractivity contribution in [3.63, 3.8) is 0 Å². The number of halogens is 6. The van der Waals surface area contributed by atoms with Crippen molar-refractivity contribution in [3.8, 4) is 22.5 Å². The Morgan fingerprint density at radius 2 is 0.963 bits per heavy atom. The maximum atomic E-state index is 13.3. The summed E-state index contributed by atoms with van der Waals surface area (Å²) >= 11 is 0. The lowest BCUT2D eigenvalue weighted by molar-refractivity contribution is -0.138. The number of hydrogen-bond donors (Lipinski definition) is 8. The zero-order valence-electron chi connectivity index (χ0n) is 47.5. The Hall–Kier alpha value is -7.74. The first kappa shape index (κ1) is 65.1. The van der Waals surface area contributed by atoms with Gasteiger partial charge in [0.1, 0.15) is 23.8 Å². The van der Waals surface area contributed by atoms with Gasteiger partial charge in [0.15, 0.2) is 12.2 Å². The minimum Gasteiger partial charge on any atom is -0.444 e. The van der Waals surface area contributed by atoms with Gasteiger partial charge in [-0.15, -0.1) is 0 Å². The van der Waals surface area contributed by atoms with Crippen molar-refractivity contribution in [1.82, 2.24) is 50.1 Å². The van der Waals surface area contributed by atoms with Gasteiger partial charge in [-0.2, -0.15) is 36.5 Å². The molecule has 4 heterocycles. The van der Waals surface area contributed by atoms with Crippen LogP contribution in [-0.4, -0.2) is 110 Å². The zero-order valence-corrected chi connectivity index (χ0v) is 47.5. The van der Waals surface area contributed by atoms with Crippen molar-refractivity contribution in [3.05, 3.63) is 108 Å². The predicted molar refractivity (Wildman–Crippen MR) is 294 cm³/mol. The highest BCUT2D eigenvalue weighted by Crippen LogP contribution is 2.35.